The van der Waals surface area contributed by atoms with Gasteiger partial charge in [0.15, 0.2) is 0 Å². The number of carbonyl (C=O) groups is 1. The molecule has 0 saturated carbocycles. The highest BCUT2D eigenvalue weighted by Crippen LogP contribution is 2.28. The second-order valence-corrected chi connectivity index (χ2v) is 6.16. The average Bonchev–Trinajstić information content (AvgIpc) is 2.27. The van der Waals surface area contributed by atoms with E-state index in [1.165, 1.54) is 12.1 Å². The molecule has 1 aromatic rings. The van der Waals surface area contributed by atoms with Crippen molar-refractivity contribution in [3.8, 4) is 0 Å². The number of rotatable bonds is 6. The van der Waals surface area contributed by atoms with Crippen LogP contribution in [0.3, 0.4) is 0 Å². The lowest BCUT2D eigenvalue weighted by molar-refractivity contribution is -0.384. The molecule has 1 atom stereocenters. The molecule has 1 aromatic carbocycles. The molecule has 0 spiro atoms. The van der Waals surface area contributed by atoms with Gasteiger partial charge in [-0.25, -0.2) is 0 Å². The molecule has 0 aliphatic rings. The first kappa shape index (κ1) is 15.3. The van der Waals surface area contributed by atoms with Gasteiger partial charge in [-0.05, 0) is 29.7 Å². The third kappa shape index (κ3) is 5.64. The summed E-state index contributed by atoms with van der Waals surface area (Å²) in [6.45, 7) is 6.46. The second kappa shape index (κ2) is 6.45. The van der Waals surface area contributed by atoms with E-state index >= 15 is 0 Å². The van der Waals surface area contributed by atoms with E-state index in [-0.39, 0.29) is 11.1 Å². The van der Waals surface area contributed by atoms with Gasteiger partial charge in [-0.15, -0.1) is 0 Å². The molecule has 0 aliphatic heterocycles. The SMILES string of the molecule is CC(C)(C)CC(CC=O)Cc1ccc([N+](=O)[O-])cc1. The van der Waals surface area contributed by atoms with Gasteiger partial charge in [-0.3, -0.25) is 10.1 Å². The van der Waals surface area contributed by atoms with E-state index in [1.807, 2.05) is 0 Å². The Hall–Kier alpha value is -1.71. The summed E-state index contributed by atoms with van der Waals surface area (Å²) in [4.78, 5) is 20.9. The monoisotopic (exact) mass is 263 g/mol. The maximum atomic E-state index is 10.7. The Bertz CT molecular complexity index is 432. The molecule has 0 aliphatic carbocycles. The van der Waals surface area contributed by atoms with Crippen molar-refractivity contribution in [2.75, 3.05) is 0 Å². The Kier molecular flexibility index (Phi) is 5.21. The molecular formula is C15H21NO3. The van der Waals surface area contributed by atoms with Crippen LogP contribution in [-0.4, -0.2) is 11.2 Å². The minimum Gasteiger partial charge on any atom is -0.303 e. The largest absolute Gasteiger partial charge is 0.303 e. The lowest BCUT2D eigenvalue weighted by atomic mass is 9.81. The van der Waals surface area contributed by atoms with Crippen LogP contribution in [0.1, 0.15) is 39.2 Å². The number of non-ortho nitro benzene ring substituents is 1. The van der Waals surface area contributed by atoms with Gasteiger partial charge in [-0.2, -0.15) is 0 Å². The van der Waals surface area contributed by atoms with E-state index < -0.39 is 4.92 Å². The minimum atomic E-state index is -0.401. The summed E-state index contributed by atoms with van der Waals surface area (Å²) in [6.07, 6.45) is 3.24. The van der Waals surface area contributed by atoms with Gasteiger partial charge < -0.3 is 4.79 Å². The van der Waals surface area contributed by atoms with Crippen molar-refractivity contribution < 1.29 is 9.72 Å². The van der Waals surface area contributed by atoms with Crippen LogP contribution in [0.4, 0.5) is 5.69 Å². The van der Waals surface area contributed by atoms with E-state index in [0.717, 1.165) is 24.7 Å². The molecule has 19 heavy (non-hydrogen) atoms. The standard InChI is InChI=1S/C15H21NO3/c1-15(2,3)11-13(8-9-17)10-12-4-6-14(7-5-12)16(18)19/h4-7,9,13H,8,10-11H2,1-3H3. The van der Waals surface area contributed by atoms with Gasteiger partial charge in [0, 0.05) is 18.6 Å². The smallest absolute Gasteiger partial charge is 0.269 e. The Morgan fingerprint density at radius 2 is 1.84 bits per heavy atom. The summed E-state index contributed by atoms with van der Waals surface area (Å²) in [5.41, 5.74) is 1.32. The molecule has 0 heterocycles. The van der Waals surface area contributed by atoms with Crippen LogP contribution in [0.5, 0.6) is 0 Å². The van der Waals surface area contributed by atoms with Crippen molar-refractivity contribution in [2.24, 2.45) is 11.3 Å². The first-order chi connectivity index (χ1) is 8.81. The van der Waals surface area contributed by atoms with Gasteiger partial charge in [0.1, 0.15) is 6.29 Å². The van der Waals surface area contributed by atoms with Gasteiger partial charge in [0.05, 0.1) is 4.92 Å². The van der Waals surface area contributed by atoms with E-state index in [2.05, 4.69) is 20.8 Å². The first-order valence-corrected chi connectivity index (χ1v) is 6.49. The zero-order valence-corrected chi connectivity index (χ0v) is 11.8. The van der Waals surface area contributed by atoms with E-state index in [0.29, 0.717) is 12.3 Å². The second-order valence-electron chi connectivity index (χ2n) is 6.16. The molecule has 0 fully saturated rings. The molecular weight excluding hydrogens is 242 g/mol. The number of nitro benzene ring substituents is 1. The van der Waals surface area contributed by atoms with Crippen LogP contribution in [-0.2, 0) is 11.2 Å². The van der Waals surface area contributed by atoms with Crippen molar-refractivity contribution in [3.63, 3.8) is 0 Å². The van der Waals surface area contributed by atoms with Crippen molar-refractivity contribution in [1.82, 2.24) is 0 Å². The van der Waals surface area contributed by atoms with Gasteiger partial charge in [-0.1, -0.05) is 32.9 Å². The third-order valence-electron chi connectivity index (χ3n) is 3.00. The molecule has 0 N–H and O–H groups in total. The fourth-order valence-electron chi connectivity index (χ4n) is 2.33. The highest BCUT2D eigenvalue weighted by atomic mass is 16.6. The van der Waals surface area contributed by atoms with Crippen molar-refractivity contribution in [1.29, 1.82) is 0 Å². The number of carbonyl (C=O) groups excluding carboxylic acids is 1. The summed E-state index contributed by atoms with van der Waals surface area (Å²) in [5.74, 6) is 0.291. The third-order valence-corrected chi connectivity index (χ3v) is 3.00. The number of aldehydes is 1. The predicted molar refractivity (Wildman–Crippen MR) is 75.0 cm³/mol. The molecule has 104 valence electrons. The Morgan fingerprint density at radius 1 is 1.26 bits per heavy atom. The van der Waals surface area contributed by atoms with Gasteiger partial charge >= 0.3 is 0 Å². The van der Waals surface area contributed by atoms with Gasteiger partial charge in [0.25, 0.3) is 5.69 Å². The van der Waals surface area contributed by atoms with Gasteiger partial charge in [0.2, 0.25) is 0 Å². The van der Waals surface area contributed by atoms with Crippen molar-refractivity contribution >= 4 is 12.0 Å². The first-order valence-electron chi connectivity index (χ1n) is 6.49. The molecule has 1 rings (SSSR count). The number of hydrogen-bond acceptors (Lipinski definition) is 3. The number of benzene rings is 1. The molecule has 4 heteroatoms. The molecule has 0 bridgehead atoms. The van der Waals surface area contributed by atoms with Crippen LogP contribution < -0.4 is 0 Å². The summed E-state index contributed by atoms with van der Waals surface area (Å²) in [7, 11) is 0. The van der Waals surface area contributed by atoms with Crippen LogP contribution in [0, 0.1) is 21.4 Å². The van der Waals surface area contributed by atoms with E-state index in [1.54, 1.807) is 12.1 Å². The molecule has 0 amide bonds. The highest BCUT2D eigenvalue weighted by molar-refractivity contribution is 5.50. The lowest BCUT2D eigenvalue weighted by Gasteiger charge is -2.24. The number of nitro groups is 1. The zero-order valence-electron chi connectivity index (χ0n) is 11.8. The molecule has 4 nitrogen and oxygen atoms in total. The summed E-state index contributed by atoms with van der Waals surface area (Å²) < 4.78 is 0. The zero-order chi connectivity index (χ0) is 14.5. The topological polar surface area (TPSA) is 60.2 Å². The summed E-state index contributed by atoms with van der Waals surface area (Å²) in [5, 5.41) is 10.6. The molecule has 0 aromatic heterocycles. The van der Waals surface area contributed by atoms with Crippen LogP contribution in [0.2, 0.25) is 0 Å². The Labute approximate surface area is 114 Å². The minimum absolute atomic E-state index is 0.103. The number of hydrogen-bond donors (Lipinski definition) is 0. The maximum Gasteiger partial charge on any atom is 0.269 e. The highest BCUT2D eigenvalue weighted by Gasteiger charge is 2.19. The van der Waals surface area contributed by atoms with E-state index in [4.69, 9.17) is 0 Å². The molecule has 0 saturated heterocycles. The van der Waals surface area contributed by atoms with Crippen LogP contribution in [0.25, 0.3) is 0 Å². The Balaban J connectivity index is 2.73. The summed E-state index contributed by atoms with van der Waals surface area (Å²) >= 11 is 0. The summed E-state index contributed by atoms with van der Waals surface area (Å²) in [6, 6.07) is 6.59. The quantitative estimate of drug-likeness (QED) is 0.446. The molecule has 0 radical (unpaired) electrons. The van der Waals surface area contributed by atoms with Crippen LogP contribution >= 0.6 is 0 Å². The Morgan fingerprint density at radius 3 is 2.26 bits per heavy atom. The fraction of sp³-hybridized carbons (Fsp3) is 0.533. The number of nitrogens with zero attached hydrogens (tertiary/aromatic N) is 1. The van der Waals surface area contributed by atoms with Crippen molar-refractivity contribution in [2.45, 2.75) is 40.0 Å². The fourth-order valence-corrected chi connectivity index (χ4v) is 2.33. The normalized spacial score (nSPS) is 13.0. The van der Waals surface area contributed by atoms with Crippen molar-refractivity contribution in [3.05, 3.63) is 39.9 Å². The maximum absolute atomic E-state index is 10.7. The molecule has 1 unspecified atom stereocenters. The average molecular weight is 263 g/mol. The van der Waals surface area contributed by atoms with Crippen LogP contribution in [0.15, 0.2) is 24.3 Å². The predicted octanol–water partition coefficient (Wildman–Crippen LogP) is 3.78. The lowest BCUT2D eigenvalue weighted by Crippen LogP contribution is -2.16. The van der Waals surface area contributed by atoms with E-state index in [9.17, 15) is 14.9 Å².